The molecule has 1 atom stereocenters. The molecule has 5 heteroatoms. The summed E-state index contributed by atoms with van der Waals surface area (Å²) in [5, 5.41) is 13.5. The zero-order valence-electron chi connectivity index (χ0n) is 22.0. The summed E-state index contributed by atoms with van der Waals surface area (Å²) in [4.78, 5) is 2.43. The molecule has 5 rings (SSSR count). The molecule has 3 aromatic carbocycles. The maximum absolute atomic E-state index is 9.83. The number of nitrogens with zero attached hydrogens (tertiary/aromatic N) is 1. The zero-order chi connectivity index (χ0) is 25.5. The van der Waals surface area contributed by atoms with Gasteiger partial charge in [-0.3, -0.25) is 4.90 Å². The van der Waals surface area contributed by atoms with Crippen LogP contribution >= 0.6 is 0 Å². The maximum atomic E-state index is 9.83. The summed E-state index contributed by atoms with van der Waals surface area (Å²) in [5.74, 6) is 2.70. The van der Waals surface area contributed by atoms with Gasteiger partial charge in [-0.15, -0.1) is 0 Å². The highest BCUT2D eigenvalue weighted by molar-refractivity contribution is 5.57. The van der Waals surface area contributed by atoms with Gasteiger partial charge in [-0.2, -0.15) is 0 Å². The Morgan fingerprint density at radius 2 is 1.78 bits per heavy atom. The number of rotatable bonds is 12. The number of nitrogens with one attached hydrogen (secondary N) is 1. The third-order valence-electron chi connectivity index (χ3n) is 7.87. The van der Waals surface area contributed by atoms with E-state index in [2.05, 4.69) is 58.7 Å². The Kier molecular flexibility index (Phi) is 8.52. The van der Waals surface area contributed by atoms with Gasteiger partial charge >= 0.3 is 0 Å². The molecule has 1 saturated heterocycles. The van der Waals surface area contributed by atoms with Crippen LogP contribution < -0.4 is 14.8 Å². The van der Waals surface area contributed by atoms with Crippen molar-refractivity contribution < 1.29 is 14.6 Å². The van der Waals surface area contributed by atoms with Gasteiger partial charge < -0.3 is 19.9 Å². The number of unbranched alkanes of at least 4 members (excludes halogenated alkanes) is 1. The van der Waals surface area contributed by atoms with Crippen LogP contribution in [-0.2, 0) is 19.3 Å². The van der Waals surface area contributed by atoms with Crippen LogP contribution in [0, 0.1) is 0 Å². The summed E-state index contributed by atoms with van der Waals surface area (Å²) in [7, 11) is 1.73. The first-order chi connectivity index (χ1) is 18.2. The quantitative estimate of drug-likeness (QED) is 0.290. The van der Waals surface area contributed by atoms with Gasteiger partial charge in [-0.1, -0.05) is 24.3 Å². The smallest absolute Gasteiger partial charge is 0.120 e. The normalized spacial score (nSPS) is 17.1. The van der Waals surface area contributed by atoms with E-state index >= 15 is 0 Å². The fourth-order valence-corrected chi connectivity index (χ4v) is 5.51. The van der Waals surface area contributed by atoms with Crippen LogP contribution in [0.4, 0.5) is 5.69 Å². The fraction of sp³-hybridized carbons (Fsp3) is 0.438. The molecule has 37 heavy (non-hydrogen) atoms. The molecule has 1 fully saturated rings. The number of aryl methyl sites for hydroxylation is 2. The minimum Gasteiger partial charge on any atom is -0.508 e. The van der Waals surface area contributed by atoms with E-state index in [4.69, 9.17) is 9.47 Å². The van der Waals surface area contributed by atoms with Crippen LogP contribution in [0.25, 0.3) is 0 Å². The minimum absolute atomic E-state index is 0.367. The second kappa shape index (κ2) is 12.4. The molecule has 1 heterocycles. The van der Waals surface area contributed by atoms with Crippen LogP contribution in [-0.4, -0.2) is 49.9 Å². The number of benzene rings is 3. The van der Waals surface area contributed by atoms with E-state index in [1.54, 1.807) is 7.11 Å². The summed E-state index contributed by atoms with van der Waals surface area (Å²) in [6, 6.07) is 20.9. The molecule has 0 radical (unpaired) electrons. The van der Waals surface area contributed by atoms with Gasteiger partial charge in [0.05, 0.1) is 7.11 Å². The predicted molar refractivity (Wildman–Crippen MR) is 150 cm³/mol. The molecule has 3 aromatic rings. The average Bonchev–Trinajstić information content (AvgIpc) is 2.90. The van der Waals surface area contributed by atoms with E-state index in [1.165, 1.54) is 47.5 Å². The Morgan fingerprint density at radius 1 is 0.946 bits per heavy atom. The highest BCUT2D eigenvalue weighted by atomic mass is 16.5. The van der Waals surface area contributed by atoms with E-state index in [-0.39, 0.29) is 0 Å². The summed E-state index contributed by atoms with van der Waals surface area (Å²) in [6.45, 7) is 5.18. The number of phenols is 1. The molecule has 2 N–H and O–H groups in total. The van der Waals surface area contributed by atoms with E-state index in [0.29, 0.717) is 11.7 Å². The van der Waals surface area contributed by atoms with Crippen LogP contribution in [0.1, 0.15) is 53.9 Å². The van der Waals surface area contributed by atoms with Gasteiger partial charge in [0, 0.05) is 24.8 Å². The second-order valence-corrected chi connectivity index (χ2v) is 10.4. The number of hydrogen-bond acceptors (Lipinski definition) is 5. The molecule has 0 aromatic heterocycles. The van der Waals surface area contributed by atoms with Gasteiger partial charge in [0.25, 0.3) is 0 Å². The molecule has 0 bridgehead atoms. The summed E-state index contributed by atoms with van der Waals surface area (Å²) < 4.78 is 11.4. The van der Waals surface area contributed by atoms with Crippen LogP contribution in [0.5, 0.6) is 17.2 Å². The van der Waals surface area contributed by atoms with Gasteiger partial charge in [-0.05, 0) is 117 Å². The number of anilines is 1. The molecule has 0 spiro atoms. The first-order valence-corrected chi connectivity index (χ1v) is 13.8. The van der Waals surface area contributed by atoms with E-state index in [1.807, 2.05) is 12.1 Å². The molecule has 0 amide bonds. The Bertz CT molecular complexity index is 1160. The van der Waals surface area contributed by atoms with E-state index in [0.717, 1.165) is 69.7 Å². The van der Waals surface area contributed by atoms with Crippen molar-refractivity contribution in [3.63, 3.8) is 0 Å². The number of likely N-dealkylation sites (tertiary alicyclic amines) is 1. The lowest BCUT2D eigenvalue weighted by atomic mass is 9.79. The Hall–Kier alpha value is -3.18. The highest BCUT2D eigenvalue weighted by Gasteiger charge is 2.23. The molecule has 196 valence electrons. The number of phenolic OH excluding ortho intramolecular Hbond substituents is 1. The maximum Gasteiger partial charge on any atom is 0.120 e. The molecule has 0 saturated carbocycles. The monoisotopic (exact) mass is 500 g/mol. The standard InChI is InChI=1S/C32H40N2O3/c1-36-30-14-15-31(27-9-8-26-22-28(35)11-10-25(26)21-27)32(23-30)33-16-3-2-5-24-6-12-29(13-7-24)37-20-19-34-17-4-18-34/h6-7,10-15,22-23,27,33,35H,2-5,8-9,16-21H2,1H3. The molecule has 2 aliphatic rings. The SMILES string of the molecule is COc1ccc(C2CCc3cc(O)ccc3C2)c(NCCCCc2ccc(OCCN3CCC3)cc2)c1. The van der Waals surface area contributed by atoms with Crippen molar-refractivity contribution >= 4 is 5.69 Å². The summed E-state index contributed by atoms with van der Waals surface area (Å²) in [6.07, 6.45) is 7.76. The largest absolute Gasteiger partial charge is 0.508 e. The van der Waals surface area contributed by atoms with Crippen LogP contribution in [0.3, 0.4) is 0 Å². The van der Waals surface area contributed by atoms with E-state index < -0.39 is 0 Å². The molecule has 5 nitrogen and oxygen atoms in total. The predicted octanol–water partition coefficient (Wildman–Crippen LogP) is 6.19. The number of ether oxygens (including phenoxy) is 2. The first kappa shape index (κ1) is 25.5. The summed E-state index contributed by atoms with van der Waals surface area (Å²) in [5.41, 5.74) is 6.55. The van der Waals surface area contributed by atoms with Crippen molar-refractivity contribution in [2.24, 2.45) is 0 Å². The zero-order valence-corrected chi connectivity index (χ0v) is 22.0. The van der Waals surface area contributed by atoms with Gasteiger partial charge in [0.1, 0.15) is 23.9 Å². The lowest BCUT2D eigenvalue weighted by Crippen LogP contribution is -2.39. The Labute approximate surface area is 221 Å². The Balaban J connectivity index is 1.10. The molecular formula is C32H40N2O3. The van der Waals surface area contributed by atoms with Crippen molar-refractivity contribution in [2.75, 3.05) is 45.2 Å². The number of aromatic hydroxyl groups is 1. The van der Waals surface area contributed by atoms with Gasteiger partial charge in [-0.25, -0.2) is 0 Å². The lowest BCUT2D eigenvalue weighted by Gasteiger charge is -2.30. The molecule has 1 aliphatic heterocycles. The third kappa shape index (κ3) is 6.78. The molecule has 1 aliphatic carbocycles. The van der Waals surface area contributed by atoms with Crippen LogP contribution in [0.2, 0.25) is 0 Å². The second-order valence-electron chi connectivity index (χ2n) is 10.4. The third-order valence-corrected chi connectivity index (χ3v) is 7.87. The van der Waals surface area contributed by atoms with Crippen molar-refractivity contribution in [1.29, 1.82) is 0 Å². The highest BCUT2D eigenvalue weighted by Crippen LogP contribution is 2.38. The number of hydrogen-bond donors (Lipinski definition) is 2. The number of fused-ring (bicyclic) bond motifs is 1. The van der Waals surface area contributed by atoms with Crippen molar-refractivity contribution in [2.45, 2.75) is 50.9 Å². The van der Waals surface area contributed by atoms with Gasteiger partial charge in [0.2, 0.25) is 0 Å². The van der Waals surface area contributed by atoms with Gasteiger partial charge in [0.15, 0.2) is 0 Å². The van der Waals surface area contributed by atoms with Crippen molar-refractivity contribution in [3.05, 3.63) is 82.9 Å². The minimum atomic E-state index is 0.367. The first-order valence-electron chi connectivity index (χ1n) is 13.8. The van der Waals surface area contributed by atoms with E-state index in [9.17, 15) is 5.11 Å². The van der Waals surface area contributed by atoms with Crippen molar-refractivity contribution in [3.8, 4) is 17.2 Å². The molecule has 1 unspecified atom stereocenters. The average molecular weight is 501 g/mol. The fourth-order valence-electron chi connectivity index (χ4n) is 5.51. The van der Waals surface area contributed by atoms with Crippen molar-refractivity contribution in [1.82, 2.24) is 4.90 Å². The number of methoxy groups -OCH3 is 1. The lowest BCUT2D eigenvalue weighted by molar-refractivity contribution is 0.147. The van der Waals surface area contributed by atoms with Crippen LogP contribution in [0.15, 0.2) is 60.7 Å². The topological polar surface area (TPSA) is 54.0 Å². The molecular weight excluding hydrogens is 460 g/mol. The Morgan fingerprint density at radius 3 is 2.57 bits per heavy atom. The summed E-state index contributed by atoms with van der Waals surface area (Å²) >= 11 is 0.